The Morgan fingerprint density at radius 3 is 0.900 bits per heavy atom. The van der Waals surface area contributed by atoms with Gasteiger partial charge in [0.2, 0.25) is 0 Å². The summed E-state index contributed by atoms with van der Waals surface area (Å²) in [6, 6.07) is 0. The maximum atomic E-state index is 12.8. The summed E-state index contributed by atoms with van der Waals surface area (Å²) in [4.78, 5) is 38.1. The van der Waals surface area contributed by atoms with Gasteiger partial charge in [-0.1, -0.05) is 227 Å². The van der Waals surface area contributed by atoms with Gasteiger partial charge in [-0.05, 0) is 122 Å². The molecule has 400 valence electrons. The first-order valence-electron chi connectivity index (χ1n) is 29.2. The molecule has 0 saturated carbocycles. The van der Waals surface area contributed by atoms with Gasteiger partial charge in [0.25, 0.3) is 0 Å². The van der Waals surface area contributed by atoms with Crippen molar-refractivity contribution in [1.29, 1.82) is 0 Å². The third-order valence-electron chi connectivity index (χ3n) is 12.3. The Bertz CT molecular complexity index is 1400. The van der Waals surface area contributed by atoms with Gasteiger partial charge in [0, 0.05) is 19.3 Å². The number of hydrogen-bond donors (Lipinski definition) is 0. The largest absolute Gasteiger partial charge is 0.462 e. The minimum absolute atomic E-state index is 0.0898. The molecule has 0 aromatic carbocycles. The van der Waals surface area contributed by atoms with E-state index in [1.165, 1.54) is 103 Å². The summed E-state index contributed by atoms with van der Waals surface area (Å²) in [5, 5.41) is 0. The SMILES string of the molecule is CC/C=C\C/C=C\C/C=C\C/C=C\C/C=C\C/C=C\CCCCCCCCC(=O)OCC(COC(=O)CCCCCCC/C=C\CCCCCC)OC(=O)CCCCCCC/C=C\CCCCCCC. The molecule has 0 rings (SSSR count). The lowest BCUT2D eigenvalue weighted by Gasteiger charge is -2.18. The van der Waals surface area contributed by atoms with E-state index in [9.17, 15) is 14.4 Å². The van der Waals surface area contributed by atoms with Crippen LogP contribution in [-0.2, 0) is 28.6 Å². The van der Waals surface area contributed by atoms with Crippen molar-refractivity contribution in [3.8, 4) is 0 Å². The van der Waals surface area contributed by atoms with E-state index in [1.54, 1.807) is 0 Å². The number of esters is 3. The third kappa shape index (κ3) is 55.3. The molecule has 0 amide bonds. The van der Waals surface area contributed by atoms with E-state index in [-0.39, 0.29) is 31.1 Å². The highest BCUT2D eigenvalue weighted by molar-refractivity contribution is 5.71. The number of allylic oxidation sites excluding steroid dienone is 16. The number of carbonyl (C=O) groups excluding carboxylic acids is 3. The van der Waals surface area contributed by atoms with E-state index in [0.717, 1.165) is 128 Å². The molecule has 0 aromatic heterocycles. The van der Waals surface area contributed by atoms with Crippen LogP contribution in [0.4, 0.5) is 0 Å². The first kappa shape index (κ1) is 66.3. The number of hydrogen-bond acceptors (Lipinski definition) is 6. The van der Waals surface area contributed by atoms with Crippen molar-refractivity contribution in [3.63, 3.8) is 0 Å². The molecule has 0 aliphatic rings. The first-order valence-corrected chi connectivity index (χ1v) is 29.2. The van der Waals surface area contributed by atoms with Crippen molar-refractivity contribution in [2.24, 2.45) is 0 Å². The van der Waals surface area contributed by atoms with E-state index >= 15 is 0 Å². The zero-order valence-corrected chi connectivity index (χ0v) is 45.8. The monoisotopic (exact) mass is 973 g/mol. The maximum Gasteiger partial charge on any atom is 0.306 e. The topological polar surface area (TPSA) is 78.9 Å². The second-order valence-corrected chi connectivity index (χ2v) is 19.2. The minimum atomic E-state index is -0.792. The normalized spacial score (nSPS) is 12.8. The minimum Gasteiger partial charge on any atom is -0.462 e. The van der Waals surface area contributed by atoms with Crippen molar-refractivity contribution in [1.82, 2.24) is 0 Å². The highest BCUT2D eigenvalue weighted by Gasteiger charge is 2.19. The summed E-state index contributed by atoms with van der Waals surface area (Å²) in [5.41, 5.74) is 0. The van der Waals surface area contributed by atoms with E-state index in [1.807, 2.05) is 0 Å². The summed E-state index contributed by atoms with van der Waals surface area (Å²) >= 11 is 0. The Balaban J connectivity index is 4.37. The smallest absolute Gasteiger partial charge is 0.306 e. The molecule has 0 aliphatic carbocycles. The maximum absolute atomic E-state index is 12.8. The summed E-state index contributed by atoms with van der Waals surface area (Å²) < 4.78 is 16.8. The zero-order valence-electron chi connectivity index (χ0n) is 45.8. The van der Waals surface area contributed by atoms with Crippen LogP contribution in [-0.4, -0.2) is 37.2 Å². The lowest BCUT2D eigenvalue weighted by Crippen LogP contribution is -2.30. The van der Waals surface area contributed by atoms with Crippen LogP contribution >= 0.6 is 0 Å². The Kier molecular flexibility index (Phi) is 54.9. The number of carbonyl (C=O) groups is 3. The molecular formula is C64H108O6. The molecule has 0 fully saturated rings. The van der Waals surface area contributed by atoms with E-state index in [0.29, 0.717) is 19.3 Å². The van der Waals surface area contributed by atoms with Gasteiger partial charge in [-0.15, -0.1) is 0 Å². The van der Waals surface area contributed by atoms with Gasteiger partial charge in [0.1, 0.15) is 13.2 Å². The van der Waals surface area contributed by atoms with Gasteiger partial charge in [0.15, 0.2) is 6.10 Å². The van der Waals surface area contributed by atoms with Crippen LogP contribution in [0.1, 0.15) is 271 Å². The molecule has 1 atom stereocenters. The fourth-order valence-corrected chi connectivity index (χ4v) is 7.91. The molecule has 0 bridgehead atoms. The molecule has 0 aliphatic heterocycles. The fourth-order valence-electron chi connectivity index (χ4n) is 7.91. The second kappa shape index (κ2) is 57.9. The van der Waals surface area contributed by atoms with E-state index < -0.39 is 6.10 Å². The molecule has 1 unspecified atom stereocenters. The van der Waals surface area contributed by atoms with Crippen molar-refractivity contribution < 1.29 is 28.6 Å². The standard InChI is InChI=1S/C64H108O6/c1-4-7-10-13-16-19-22-25-27-28-29-30-31-32-33-34-35-36-37-40-42-45-48-51-54-57-63(66)69-60-61(59-68-62(65)56-53-50-47-44-41-38-24-21-18-15-12-9-6-3)70-64(67)58-55-52-49-46-43-39-26-23-20-17-14-11-8-5-2/h7,10,16,19,21,23-27,29-30,32-33,35-36,61H,4-6,8-9,11-15,17-18,20,22,28,31,34,37-60H2,1-3H3/b10-7-,19-16-,24-21-,26-23-,27-25-,30-29-,33-32-,36-35-. The molecule has 0 heterocycles. The summed E-state index contributed by atoms with van der Waals surface area (Å²) in [7, 11) is 0. The van der Waals surface area contributed by atoms with Crippen LogP contribution in [0.2, 0.25) is 0 Å². The highest BCUT2D eigenvalue weighted by atomic mass is 16.6. The van der Waals surface area contributed by atoms with Gasteiger partial charge in [0.05, 0.1) is 0 Å². The Hall–Kier alpha value is -3.67. The summed E-state index contributed by atoms with van der Waals surface area (Å²) in [5.74, 6) is -0.919. The molecular weight excluding hydrogens is 865 g/mol. The predicted octanol–water partition coefficient (Wildman–Crippen LogP) is 19.7. The first-order chi connectivity index (χ1) is 34.5. The quantitative estimate of drug-likeness (QED) is 0.0262. The molecule has 0 spiro atoms. The Morgan fingerprint density at radius 2 is 0.557 bits per heavy atom. The van der Waals surface area contributed by atoms with E-state index in [2.05, 4.69) is 118 Å². The molecule has 0 radical (unpaired) electrons. The molecule has 0 N–H and O–H groups in total. The van der Waals surface area contributed by atoms with Crippen molar-refractivity contribution in [2.45, 2.75) is 277 Å². The average Bonchev–Trinajstić information content (AvgIpc) is 3.36. The summed E-state index contributed by atoms with van der Waals surface area (Å²) in [6.45, 7) is 6.48. The molecule has 6 nitrogen and oxygen atoms in total. The number of rotatable bonds is 52. The average molecular weight is 974 g/mol. The highest BCUT2D eigenvalue weighted by Crippen LogP contribution is 2.14. The van der Waals surface area contributed by atoms with Crippen LogP contribution in [0, 0.1) is 0 Å². The molecule has 0 saturated heterocycles. The van der Waals surface area contributed by atoms with Crippen LogP contribution in [0.25, 0.3) is 0 Å². The van der Waals surface area contributed by atoms with Crippen molar-refractivity contribution in [3.05, 3.63) is 97.2 Å². The third-order valence-corrected chi connectivity index (χ3v) is 12.3. The lowest BCUT2D eigenvalue weighted by atomic mass is 10.1. The van der Waals surface area contributed by atoms with Gasteiger partial charge in [-0.3, -0.25) is 14.4 Å². The van der Waals surface area contributed by atoms with Crippen LogP contribution in [0.3, 0.4) is 0 Å². The van der Waals surface area contributed by atoms with Crippen LogP contribution < -0.4 is 0 Å². The van der Waals surface area contributed by atoms with Crippen molar-refractivity contribution in [2.75, 3.05) is 13.2 Å². The zero-order chi connectivity index (χ0) is 50.7. The van der Waals surface area contributed by atoms with E-state index in [4.69, 9.17) is 14.2 Å². The molecule has 0 aromatic rings. The predicted molar refractivity (Wildman–Crippen MR) is 302 cm³/mol. The second-order valence-electron chi connectivity index (χ2n) is 19.2. The van der Waals surface area contributed by atoms with Crippen molar-refractivity contribution >= 4 is 17.9 Å². The number of ether oxygens (including phenoxy) is 3. The fraction of sp³-hybridized carbons (Fsp3) is 0.703. The van der Waals surface area contributed by atoms with Gasteiger partial charge >= 0.3 is 17.9 Å². The van der Waals surface area contributed by atoms with Gasteiger partial charge < -0.3 is 14.2 Å². The molecule has 70 heavy (non-hydrogen) atoms. The Labute approximate surface area is 432 Å². The van der Waals surface area contributed by atoms with Crippen LogP contribution in [0.5, 0.6) is 0 Å². The van der Waals surface area contributed by atoms with Crippen LogP contribution in [0.15, 0.2) is 97.2 Å². The number of unbranched alkanes of at least 4 members (excludes halogenated alkanes) is 25. The lowest BCUT2D eigenvalue weighted by molar-refractivity contribution is -0.167. The van der Waals surface area contributed by atoms with Gasteiger partial charge in [-0.2, -0.15) is 0 Å². The van der Waals surface area contributed by atoms with Gasteiger partial charge in [-0.25, -0.2) is 0 Å². The Morgan fingerprint density at radius 1 is 0.300 bits per heavy atom. The summed E-state index contributed by atoms with van der Waals surface area (Å²) in [6.07, 6.45) is 76.8. The molecule has 6 heteroatoms.